The molecule has 0 unspecified atom stereocenters. The number of thiophene rings is 1. The number of carbonyl (C=O) groups excluding carboxylic acids is 2. The first kappa shape index (κ1) is 20.4. The molecule has 9 heteroatoms. The molecule has 0 saturated carbocycles. The molecule has 0 spiro atoms. The number of nitrogens with one attached hydrogen (secondary N) is 1. The lowest BCUT2D eigenvalue weighted by atomic mass is 10.1. The van der Waals surface area contributed by atoms with Gasteiger partial charge in [0.05, 0.1) is 16.3 Å². The van der Waals surface area contributed by atoms with Crippen molar-refractivity contribution in [2.24, 2.45) is 5.73 Å². The van der Waals surface area contributed by atoms with Gasteiger partial charge in [0.2, 0.25) is 0 Å². The van der Waals surface area contributed by atoms with Crippen LogP contribution in [0.15, 0.2) is 42.6 Å². The highest BCUT2D eigenvalue weighted by atomic mass is 35.5. The molecule has 0 aliphatic heterocycles. The second-order valence-electron chi connectivity index (χ2n) is 6.75. The lowest BCUT2D eigenvalue weighted by Crippen LogP contribution is -2.21. The van der Waals surface area contributed by atoms with Crippen molar-refractivity contribution in [3.8, 4) is 5.82 Å². The van der Waals surface area contributed by atoms with Crippen LogP contribution in [0.2, 0.25) is 10.0 Å². The fourth-order valence-electron chi connectivity index (χ4n) is 3.32. The van der Waals surface area contributed by atoms with Gasteiger partial charge in [0, 0.05) is 21.5 Å². The van der Waals surface area contributed by atoms with E-state index in [1.54, 1.807) is 42.0 Å². The van der Waals surface area contributed by atoms with Gasteiger partial charge in [0.25, 0.3) is 11.8 Å². The van der Waals surface area contributed by atoms with Gasteiger partial charge in [-0.05, 0) is 55.8 Å². The molecule has 0 fully saturated rings. The van der Waals surface area contributed by atoms with Crippen LogP contribution in [0.5, 0.6) is 0 Å². The van der Waals surface area contributed by atoms with Crippen LogP contribution >= 0.6 is 34.5 Å². The molecule has 30 heavy (non-hydrogen) atoms. The molecule has 6 nitrogen and oxygen atoms in total. The van der Waals surface area contributed by atoms with Gasteiger partial charge in [-0.1, -0.05) is 23.2 Å². The molecule has 0 saturated heterocycles. The fourth-order valence-corrected chi connectivity index (χ4v) is 4.80. The summed E-state index contributed by atoms with van der Waals surface area (Å²) in [5, 5.41) is 4.48. The highest BCUT2D eigenvalue weighted by molar-refractivity contribution is 7.18. The zero-order chi connectivity index (χ0) is 21.6. The molecule has 2 amide bonds. The predicted molar refractivity (Wildman–Crippen MR) is 121 cm³/mol. The van der Waals surface area contributed by atoms with Gasteiger partial charge in [-0.25, -0.2) is 4.98 Å². The molecule has 4 rings (SSSR count). The number of nitrogens with zero attached hydrogens (tertiary/aromatic N) is 2. The Morgan fingerprint density at radius 1 is 1.17 bits per heavy atom. The monoisotopic (exact) mass is 458 g/mol. The predicted octanol–water partition coefficient (Wildman–Crippen LogP) is 5.36. The first-order valence-corrected chi connectivity index (χ1v) is 10.5. The van der Waals surface area contributed by atoms with E-state index in [1.807, 2.05) is 13.0 Å². The Bertz CT molecular complexity index is 1330. The number of fused-ring (bicyclic) bond motifs is 1. The van der Waals surface area contributed by atoms with Crippen molar-refractivity contribution in [1.82, 2.24) is 9.55 Å². The third kappa shape index (κ3) is 3.56. The van der Waals surface area contributed by atoms with Crippen LogP contribution in [0, 0.1) is 13.8 Å². The fraction of sp³-hybridized carbons (Fsp3) is 0.0952. The number of primary amides is 1. The number of amides is 2. The molecular weight excluding hydrogens is 443 g/mol. The molecule has 0 radical (unpaired) electrons. The second-order valence-corrected chi connectivity index (χ2v) is 8.83. The minimum atomic E-state index is -0.685. The molecule has 152 valence electrons. The summed E-state index contributed by atoms with van der Waals surface area (Å²) in [7, 11) is 0. The molecule has 0 atom stereocenters. The first-order chi connectivity index (χ1) is 14.3. The van der Waals surface area contributed by atoms with E-state index >= 15 is 0 Å². The Morgan fingerprint density at radius 2 is 1.93 bits per heavy atom. The van der Waals surface area contributed by atoms with Crippen LogP contribution in [-0.2, 0) is 0 Å². The third-order valence-electron chi connectivity index (χ3n) is 4.59. The number of hydrogen-bond acceptors (Lipinski definition) is 4. The number of aromatic nitrogens is 2. The molecule has 1 aromatic carbocycles. The summed E-state index contributed by atoms with van der Waals surface area (Å²) in [6.45, 7) is 3.73. The largest absolute Gasteiger partial charge is 0.366 e. The van der Waals surface area contributed by atoms with Crippen molar-refractivity contribution < 1.29 is 9.59 Å². The van der Waals surface area contributed by atoms with Gasteiger partial charge >= 0.3 is 0 Å². The molecule has 3 heterocycles. The molecule has 3 aromatic heterocycles. The van der Waals surface area contributed by atoms with Crippen LogP contribution < -0.4 is 11.1 Å². The van der Waals surface area contributed by atoms with E-state index in [1.165, 1.54) is 17.4 Å². The molecule has 4 aromatic rings. The van der Waals surface area contributed by atoms with E-state index < -0.39 is 11.8 Å². The number of halogens is 2. The highest BCUT2D eigenvalue weighted by Crippen LogP contribution is 2.34. The quantitative estimate of drug-likeness (QED) is 0.431. The Kier molecular flexibility index (Phi) is 5.27. The van der Waals surface area contributed by atoms with Gasteiger partial charge in [-0.15, -0.1) is 11.3 Å². The number of rotatable bonds is 4. The molecular formula is C21H16Cl2N4O2S. The zero-order valence-electron chi connectivity index (χ0n) is 16.0. The van der Waals surface area contributed by atoms with Gasteiger partial charge in [0.1, 0.15) is 10.5 Å². The van der Waals surface area contributed by atoms with Crippen molar-refractivity contribution in [2.75, 3.05) is 5.32 Å². The Balaban J connectivity index is 1.87. The average molecular weight is 459 g/mol. The minimum absolute atomic E-state index is 0.139. The molecule has 0 aliphatic rings. The molecule has 0 bridgehead atoms. The summed E-state index contributed by atoms with van der Waals surface area (Å²) < 4.78 is 1.72. The van der Waals surface area contributed by atoms with Crippen molar-refractivity contribution in [3.05, 3.63) is 74.3 Å². The summed E-state index contributed by atoms with van der Waals surface area (Å²) in [6.07, 6.45) is 1.61. The van der Waals surface area contributed by atoms with E-state index in [-0.39, 0.29) is 5.56 Å². The Hall–Kier alpha value is -2.87. The first-order valence-electron chi connectivity index (χ1n) is 8.90. The van der Waals surface area contributed by atoms with Crippen LogP contribution in [0.4, 0.5) is 5.69 Å². The Labute approximate surface area is 186 Å². The van der Waals surface area contributed by atoms with Crippen molar-refractivity contribution in [3.63, 3.8) is 0 Å². The van der Waals surface area contributed by atoms with Crippen molar-refractivity contribution in [1.29, 1.82) is 0 Å². The number of carbonyl (C=O) groups is 2. The number of hydrogen-bond donors (Lipinski definition) is 2. The smallest absolute Gasteiger partial charge is 0.272 e. The normalized spacial score (nSPS) is 11.1. The van der Waals surface area contributed by atoms with E-state index in [0.29, 0.717) is 32.8 Å². The van der Waals surface area contributed by atoms with E-state index in [0.717, 1.165) is 15.1 Å². The third-order valence-corrected chi connectivity index (χ3v) is 6.15. The number of benzene rings is 1. The van der Waals surface area contributed by atoms with Gasteiger partial charge in [0.15, 0.2) is 5.82 Å². The second kappa shape index (κ2) is 7.75. The minimum Gasteiger partial charge on any atom is -0.366 e. The average Bonchev–Trinajstić information content (AvgIpc) is 3.20. The summed E-state index contributed by atoms with van der Waals surface area (Å²) in [5.41, 5.74) is 6.90. The summed E-state index contributed by atoms with van der Waals surface area (Å²) in [4.78, 5) is 31.5. The van der Waals surface area contributed by atoms with E-state index in [9.17, 15) is 9.59 Å². The maximum Gasteiger partial charge on any atom is 0.272 e. The lowest BCUT2D eigenvalue weighted by Gasteiger charge is -2.14. The Morgan fingerprint density at radius 3 is 2.63 bits per heavy atom. The number of nitrogens with two attached hydrogens (primary N) is 1. The summed E-state index contributed by atoms with van der Waals surface area (Å²) in [6, 6.07) is 10.3. The number of aryl methyl sites for hydroxylation is 2. The lowest BCUT2D eigenvalue weighted by molar-refractivity contribution is 0.100. The van der Waals surface area contributed by atoms with Gasteiger partial charge < -0.3 is 11.1 Å². The maximum atomic E-state index is 13.3. The van der Waals surface area contributed by atoms with Crippen molar-refractivity contribution in [2.45, 2.75) is 13.8 Å². The molecule has 0 aliphatic carbocycles. The SMILES string of the molecule is Cc1cc2cc(C(=O)Nc3c(C)cc(Cl)cc3C(N)=O)n(-c3ncccc3Cl)c2s1. The van der Waals surface area contributed by atoms with Crippen LogP contribution in [0.1, 0.15) is 31.3 Å². The number of pyridine rings is 1. The zero-order valence-corrected chi connectivity index (χ0v) is 18.3. The van der Waals surface area contributed by atoms with Crippen molar-refractivity contribution >= 4 is 62.3 Å². The van der Waals surface area contributed by atoms with Gasteiger partial charge in [-0.3, -0.25) is 14.2 Å². The van der Waals surface area contributed by atoms with Crippen LogP contribution in [-0.4, -0.2) is 21.4 Å². The van der Waals surface area contributed by atoms with Crippen LogP contribution in [0.25, 0.3) is 16.0 Å². The maximum absolute atomic E-state index is 13.3. The van der Waals surface area contributed by atoms with Gasteiger partial charge in [-0.2, -0.15) is 0 Å². The van der Waals surface area contributed by atoms with E-state index in [4.69, 9.17) is 28.9 Å². The number of anilines is 1. The summed E-state index contributed by atoms with van der Waals surface area (Å²) >= 11 is 14.0. The highest BCUT2D eigenvalue weighted by Gasteiger charge is 2.23. The summed E-state index contributed by atoms with van der Waals surface area (Å²) in [5.74, 6) is -0.662. The van der Waals surface area contributed by atoms with Crippen LogP contribution in [0.3, 0.4) is 0 Å². The topological polar surface area (TPSA) is 90.0 Å². The standard InChI is InChI=1S/C21H16Cl2N4O2S/c1-10-6-13(22)9-14(18(24)28)17(10)26-20(29)16-8-12-7-11(2)30-21(12)27(16)19-15(23)4-3-5-25-19/h3-9H,1-2H3,(H2,24,28)(H,26,29). The molecule has 3 N–H and O–H groups in total. The van der Waals surface area contributed by atoms with E-state index in [2.05, 4.69) is 10.3 Å².